The van der Waals surface area contributed by atoms with Crippen LogP contribution in [0.3, 0.4) is 0 Å². The number of alkyl halides is 3. The van der Waals surface area contributed by atoms with Crippen molar-refractivity contribution in [2.75, 3.05) is 5.32 Å². The Morgan fingerprint density at radius 3 is 2.26 bits per heavy atom. The van der Waals surface area contributed by atoms with Crippen molar-refractivity contribution in [3.8, 4) is 17.5 Å². The molecule has 0 saturated heterocycles. The van der Waals surface area contributed by atoms with Crippen molar-refractivity contribution < 1.29 is 28.2 Å². The van der Waals surface area contributed by atoms with Crippen molar-refractivity contribution in [1.82, 2.24) is 0 Å². The number of nitrogens with one attached hydrogen (secondary N) is 1. The van der Waals surface area contributed by atoms with E-state index in [2.05, 4.69) is 16.8 Å². The lowest BCUT2D eigenvalue weighted by atomic mass is 10.1. The van der Waals surface area contributed by atoms with Gasteiger partial charge in [-0.3, -0.25) is 4.79 Å². The largest absolute Gasteiger partial charge is 0.511 e. The maximum absolute atomic E-state index is 12.5. The van der Waals surface area contributed by atoms with Crippen molar-refractivity contribution in [3.05, 3.63) is 41.2 Å². The second kappa shape index (κ2) is 8.76. The summed E-state index contributed by atoms with van der Waals surface area (Å²) in [5, 5.41) is 31.1. The highest BCUT2D eigenvalue weighted by atomic mass is 28.3. The molecule has 0 spiro atoms. The van der Waals surface area contributed by atoms with Gasteiger partial charge in [-0.25, -0.2) is 0 Å². The molecule has 5 nitrogen and oxygen atoms in total. The third-order valence-electron chi connectivity index (χ3n) is 3.10. The molecule has 0 heterocycles. The number of hydrogen-bond donors (Lipinski definition) is 3. The van der Waals surface area contributed by atoms with Gasteiger partial charge in [0.1, 0.15) is 26.0 Å². The van der Waals surface area contributed by atoms with E-state index >= 15 is 0 Å². The van der Waals surface area contributed by atoms with Crippen LogP contribution >= 0.6 is 0 Å². The van der Waals surface area contributed by atoms with Gasteiger partial charge in [0.05, 0.1) is 5.56 Å². The monoisotopic (exact) mass is 396 g/mol. The lowest BCUT2D eigenvalue weighted by Gasteiger charge is -2.10. The van der Waals surface area contributed by atoms with E-state index in [9.17, 15) is 28.2 Å². The van der Waals surface area contributed by atoms with E-state index in [1.165, 1.54) is 6.07 Å². The van der Waals surface area contributed by atoms with Gasteiger partial charge in [-0.05, 0) is 24.3 Å². The quantitative estimate of drug-likeness (QED) is 0.238. The SMILES string of the molecule is C[Si](C)(C)C#CC(O)C/C(O)=C(/C#N)C(=O)Nc1ccc(C(F)(F)F)cc1. The van der Waals surface area contributed by atoms with Gasteiger partial charge in [-0.15, -0.1) is 5.54 Å². The first-order valence-electron chi connectivity index (χ1n) is 7.85. The number of aliphatic hydroxyl groups is 2. The number of nitrogens with zero attached hydrogens (tertiary/aromatic N) is 1. The molecule has 0 aliphatic carbocycles. The molecule has 9 heteroatoms. The molecular weight excluding hydrogens is 377 g/mol. The molecule has 0 aromatic heterocycles. The molecule has 1 unspecified atom stereocenters. The standard InChI is InChI=1S/C18H19F3N2O3Si/c1-27(2,3)9-8-14(24)10-16(25)15(11-22)17(26)23-13-6-4-12(5-7-13)18(19,20)21/h4-7,14,24-25H,10H2,1-3H3,(H,23,26)/b16-15+. The Morgan fingerprint density at radius 2 is 1.81 bits per heavy atom. The van der Waals surface area contributed by atoms with Crippen LogP contribution in [0.25, 0.3) is 0 Å². The van der Waals surface area contributed by atoms with Crippen LogP contribution in [0.5, 0.6) is 0 Å². The van der Waals surface area contributed by atoms with Gasteiger partial charge < -0.3 is 15.5 Å². The van der Waals surface area contributed by atoms with Gasteiger partial charge in [-0.2, -0.15) is 18.4 Å². The number of rotatable bonds is 4. The summed E-state index contributed by atoms with van der Waals surface area (Å²) in [4.78, 5) is 12.1. The topological polar surface area (TPSA) is 93.3 Å². The van der Waals surface area contributed by atoms with E-state index in [1.807, 2.05) is 19.6 Å². The van der Waals surface area contributed by atoms with Gasteiger partial charge in [0.15, 0.2) is 5.57 Å². The van der Waals surface area contributed by atoms with Crippen LogP contribution in [0.1, 0.15) is 12.0 Å². The zero-order valence-corrected chi connectivity index (χ0v) is 16.0. The highest BCUT2D eigenvalue weighted by Gasteiger charge is 2.30. The molecule has 1 atom stereocenters. The Morgan fingerprint density at radius 1 is 1.26 bits per heavy atom. The first-order chi connectivity index (χ1) is 12.3. The zero-order chi connectivity index (χ0) is 20.8. The van der Waals surface area contributed by atoms with Crippen LogP contribution in [-0.2, 0) is 11.0 Å². The minimum Gasteiger partial charge on any atom is -0.511 e. The van der Waals surface area contributed by atoms with Crippen LogP contribution < -0.4 is 5.32 Å². The van der Waals surface area contributed by atoms with Crippen molar-refractivity contribution >= 4 is 19.7 Å². The first-order valence-corrected chi connectivity index (χ1v) is 11.3. The van der Waals surface area contributed by atoms with Crippen molar-refractivity contribution in [2.45, 2.75) is 38.3 Å². The number of carbonyl (C=O) groups excluding carboxylic acids is 1. The molecule has 144 valence electrons. The summed E-state index contributed by atoms with van der Waals surface area (Å²) in [5.74, 6) is 0.914. The fourth-order valence-corrected chi connectivity index (χ4v) is 2.42. The number of nitriles is 1. The maximum atomic E-state index is 12.5. The summed E-state index contributed by atoms with van der Waals surface area (Å²) in [5.41, 5.74) is 1.39. The number of hydrogen-bond acceptors (Lipinski definition) is 4. The van der Waals surface area contributed by atoms with E-state index in [-0.39, 0.29) is 5.69 Å². The fraction of sp³-hybridized carbons (Fsp3) is 0.333. The van der Waals surface area contributed by atoms with Gasteiger partial charge in [0.25, 0.3) is 5.91 Å². The molecule has 1 rings (SSSR count). The van der Waals surface area contributed by atoms with Crippen molar-refractivity contribution in [1.29, 1.82) is 5.26 Å². The Balaban J connectivity index is 2.90. The van der Waals surface area contributed by atoms with Gasteiger partial charge in [-0.1, -0.05) is 25.6 Å². The molecular formula is C18H19F3N2O3Si. The highest BCUT2D eigenvalue weighted by molar-refractivity contribution is 6.83. The van der Waals surface area contributed by atoms with Gasteiger partial charge in [0.2, 0.25) is 0 Å². The molecule has 0 saturated carbocycles. The molecule has 0 aliphatic rings. The van der Waals surface area contributed by atoms with Crippen molar-refractivity contribution in [2.24, 2.45) is 0 Å². The van der Waals surface area contributed by atoms with E-state index in [4.69, 9.17) is 5.26 Å². The molecule has 27 heavy (non-hydrogen) atoms. The van der Waals surface area contributed by atoms with Crippen LogP contribution in [0.15, 0.2) is 35.6 Å². The molecule has 0 fully saturated rings. The van der Waals surface area contributed by atoms with E-state index < -0.39 is 49.6 Å². The Hall–Kier alpha value is -2.75. The van der Waals surface area contributed by atoms with E-state index in [0.29, 0.717) is 0 Å². The number of halogens is 3. The second-order valence-corrected chi connectivity index (χ2v) is 11.5. The average Bonchev–Trinajstić information content (AvgIpc) is 2.52. The first kappa shape index (κ1) is 22.3. The Bertz CT molecular complexity index is 823. The molecule has 1 aromatic carbocycles. The highest BCUT2D eigenvalue weighted by Crippen LogP contribution is 2.29. The van der Waals surface area contributed by atoms with Crippen LogP contribution in [-0.4, -0.2) is 30.3 Å². The summed E-state index contributed by atoms with van der Waals surface area (Å²) in [7, 11) is -1.74. The average molecular weight is 396 g/mol. The Labute approximate surface area is 156 Å². The maximum Gasteiger partial charge on any atom is 0.416 e. The molecule has 0 bridgehead atoms. The predicted octanol–water partition coefficient (Wildman–Crippen LogP) is 3.61. The predicted molar refractivity (Wildman–Crippen MR) is 97.1 cm³/mol. The lowest BCUT2D eigenvalue weighted by molar-refractivity contribution is -0.137. The van der Waals surface area contributed by atoms with Crippen LogP contribution in [0.4, 0.5) is 18.9 Å². The second-order valence-electron chi connectivity index (χ2n) is 6.70. The minimum atomic E-state index is -4.51. The molecule has 3 N–H and O–H groups in total. The summed E-state index contributed by atoms with van der Waals surface area (Å²) in [6.07, 6.45) is -6.18. The fourth-order valence-electron chi connectivity index (χ4n) is 1.82. The number of benzene rings is 1. The summed E-state index contributed by atoms with van der Waals surface area (Å²) >= 11 is 0. The Kier molecular flexibility index (Phi) is 7.23. The molecule has 1 amide bonds. The van der Waals surface area contributed by atoms with Crippen LogP contribution in [0, 0.1) is 22.8 Å². The number of anilines is 1. The number of aliphatic hydroxyl groups excluding tert-OH is 2. The number of amides is 1. The van der Waals surface area contributed by atoms with E-state index in [0.717, 1.165) is 24.3 Å². The summed E-state index contributed by atoms with van der Waals surface area (Å²) in [6.45, 7) is 5.88. The van der Waals surface area contributed by atoms with Gasteiger partial charge in [0, 0.05) is 12.1 Å². The molecule has 0 aliphatic heterocycles. The smallest absolute Gasteiger partial charge is 0.416 e. The third kappa shape index (κ3) is 7.56. The molecule has 1 aromatic rings. The van der Waals surface area contributed by atoms with Crippen molar-refractivity contribution in [3.63, 3.8) is 0 Å². The zero-order valence-electron chi connectivity index (χ0n) is 15.0. The third-order valence-corrected chi connectivity index (χ3v) is 3.99. The summed E-state index contributed by atoms with van der Waals surface area (Å²) < 4.78 is 37.6. The number of carbonyl (C=O) groups is 1. The lowest BCUT2D eigenvalue weighted by Crippen LogP contribution is -2.19. The minimum absolute atomic E-state index is 0.0209. The normalized spacial score (nSPS) is 13.6. The van der Waals surface area contributed by atoms with Crippen LogP contribution in [0.2, 0.25) is 19.6 Å². The van der Waals surface area contributed by atoms with E-state index in [1.54, 1.807) is 0 Å². The summed E-state index contributed by atoms with van der Waals surface area (Å²) in [6, 6.07) is 5.14. The molecule has 0 radical (unpaired) electrons. The van der Waals surface area contributed by atoms with Gasteiger partial charge >= 0.3 is 6.18 Å².